The monoisotopic (exact) mass is 377 g/mol. The van der Waals surface area contributed by atoms with Crippen molar-refractivity contribution in [3.8, 4) is 11.5 Å². The zero-order valence-electron chi connectivity index (χ0n) is 17.1. The third-order valence-corrected chi connectivity index (χ3v) is 4.56. The van der Waals surface area contributed by atoms with Crippen LogP contribution in [0.2, 0.25) is 0 Å². The van der Waals surface area contributed by atoms with Crippen molar-refractivity contribution in [2.24, 2.45) is 0 Å². The number of hydrogen-bond acceptors (Lipinski definition) is 4. The molecule has 27 heavy (non-hydrogen) atoms. The van der Waals surface area contributed by atoms with Gasteiger partial charge in [-0.25, -0.2) is 4.79 Å². The number of rotatable bonds is 5. The van der Waals surface area contributed by atoms with Crippen LogP contribution >= 0.6 is 0 Å². The lowest BCUT2D eigenvalue weighted by atomic mass is 9.91. The van der Waals surface area contributed by atoms with E-state index in [1.54, 1.807) is 19.1 Å². The largest absolute Gasteiger partial charge is 0.493 e. The molecule has 0 saturated carbocycles. The van der Waals surface area contributed by atoms with Gasteiger partial charge in [0.25, 0.3) is 0 Å². The number of urea groups is 1. The first-order valence-electron chi connectivity index (χ1n) is 9.30. The summed E-state index contributed by atoms with van der Waals surface area (Å²) in [6.45, 7) is 8.57. The molecule has 1 aliphatic rings. The number of amides is 3. The lowest BCUT2D eigenvalue weighted by Crippen LogP contribution is -2.53. The Morgan fingerprint density at radius 1 is 1.19 bits per heavy atom. The number of methoxy groups -OCH3 is 2. The summed E-state index contributed by atoms with van der Waals surface area (Å²) in [4.78, 5) is 26.5. The van der Waals surface area contributed by atoms with Crippen molar-refractivity contribution in [2.75, 3.05) is 27.3 Å². The number of fused-ring (bicyclic) bond motifs is 1. The van der Waals surface area contributed by atoms with Crippen LogP contribution in [0.25, 0.3) is 0 Å². The molecule has 0 radical (unpaired) electrons. The Morgan fingerprint density at radius 2 is 1.81 bits per heavy atom. The van der Waals surface area contributed by atoms with Gasteiger partial charge in [0.05, 0.1) is 20.3 Å². The number of benzene rings is 1. The second-order valence-corrected chi connectivity index (χ2v) is 7.70. The molecular weight excluding hydrogens is 346 g/mol. The molecule has 0 bridgehead atoms. The van der Waals surface area contributed by atoms with Gasteiger partial charge in [-0.1, -0.05) is 6.92 Å². The summed E-state index contributed by atoms with van der Waals surface area (Å²) in [7, 11) is 3.19. The molecule has 1 aromatic rings. The SMILES string of the molecule is CCC(=O)NC[C@H]1c2cc(OC)c(OC)cc2CCN1C(=O)NC(C)(C)C. The molecule has 0 aromatic heterocycles. The number of ether oxygens (including phenoxy) is 2. The summed E-state index contributed by atoms with van der Waals surface area (Å²) in [6.07, 6.45) is 1.12. The molecule has 1 aromatic carbocycles. The van der Waals surface area contributed by atoms with E-state index in [4.69, 9.17) is 9.47 Å². The molecular formula is C20H31N3O4. The highest BCUT2D eigenvalue weighted by atomic mass is 16.5. The molecule has 3 amide bonds. The van der Waals surface area contributed by atoms with E-state index in [1.165, 1.54) is 0 Å². The average Bonchev–Trinajstić information content (AvgIpc) is 2.62. The van der Waals surface area contributed by atoms with Gasteiger partial charge >= 0.3 is 6.03 Å². The first kappa shape index (κ1) is 20.9. The second-order valence-electron chi connectivity index (χ2n) is 7.70. The predicted octanol–water partition coefficient (Wildman–Crippen LogP) is 2.64. The van der Waals surface area contributed by atoms with E-state index in [2.05, 4.69) is 10.6 Å². The first-order chi connectivity index (χ1) is 12.7. The number of carbonyl (C=O) groups is 2. The minimum atomic E-state index is -0.341. The first-order valence-corrected chi connectivity index (χ1v) is 9.30. The van der Waals surface area contributed by atoms with Crippen molar-refractivity contribution in [2.45, 2.75) is 52.1 Å². The van der Waals surface area contributed by atoms with Gasteiger partial charge in [0.2, 0.25) is 5.91 Å². The highest BCUT2D eigenvalue weighted by Crippen LogP contribution is 2.38. The normalized spacial score (nSPS) is 16.4. The molecule has 7 heteroatoms. The summed E-state index contributed by atoms with van der Waals surface area (Å²) in [6, 6.07) is 3.46. The van der Waals surface area contributed by atoms with Crippen LogP contribution in [0.15, 0.2) is 12.1 Å². The fourth-order valence-corrected chi connectivity index (χ4v) is 3.22. The van der Waals surface area contributed by atoms with Crippen molar-refractivity contribution in [1.82, 2.24) is 15.5 Å². The van der Waals surface area contributed by atoms with Gasteiger partial charge in [-0.15, -0.1) is 0 Å². The molecule has 1 heterocycles. The average molecular weight is 377 g/mol. The Bertz CT molecular complexity index is 697. The van der Waals surface area contributed by atoms with Gasteiger partial charge in [0.1, 0.15) is 0 Å². The van der Waals surface area contributed by atoms with E-state index < -0.39 is 0 Å². The van der Waals surface area contributed by atoms with E-state index in [-0.39, 0.29) is 23.5 Å². The Hall–Kier alpha value is -2.44. The maximum absolute atomic E-state index is 12.9. The smallest absolute Gasteiger partial charge is 0.318 e. The maximum Gasteiger partial charge on any atom is 0.318 e. The van der Waals surface area contributed by atoms with Gasteiger partial charge in [-0.2, -0.15) is 0 Å². The summed E-state index contributed by atoms with van der Waals surface area (Å²) in [5.74, 6) is 1.24. The molecule has 150 valence electrons. The summed E-state index contributed by atoms with van der Waals surface area (Å²) in [5.41, 5.74) is 1.73. The van der Waals surface area contributed by atoms with Gasteiger partial charge in [-0.3, -0.25) is 4.79 Å². The molecule has 0 spiro atoms. The standard InChI is InChI=1S/C20H31N3O4/c1-7-18(24)21-12-15-14-11-17(27-6)16(26-5)10-13(14)8-9-23(15)19(25)22-20(2,3)4/h10-11,15H,7-9,12H2,1-6H3,(H,21,24)(H,22,25)/t15-/m0/s1. The lowest BCUT2D eigenvalue weighted by Gasteiger charge is -2.39. The van der Waals surface area contributed by atoms with Crippen LogP contribution in [0.4, 0.5) is 4.79 Å². The molecule has 1 atom stereocenters. The van der Waals surface area contributed by atoms with Gasteiger partial charge in [0, 0.05) is 25.0 Å². The zero-order valence-corrected chi connectivity index (χ0v) is 17.1. The molecule has 0 aliphatic carbocycles. The van der Waals surface area contributed by atoms with Crippen molar-refractivity contribution in [3.05, 3.63) is 23.3 Å². The zero-order chi connectivity index (χ0) is 20.2. The molecule has 2 rings (SSSR count). The number of nitrogens with zero attached hydrogens (tertiary/aromatic N) is 1. The van der Waals surface area contributed by atoms with E-state index in [0.29, 0.717) is 37.4 Å². The Morgan fingerprint density at radius 3 is 2.37 bits per heavy atom. The Kier molecular flexibility index (Phi) is 6.57. The molecule has 7 nitrogen and oxygen atoms in total. The number of nitrogens with one attached hydrogen (secondary N) is 2. The Balaban J connectivity index is 2.40. The molecule has 2 N–H and O–H groups in total. The van der Waals surface area contributed by atoms with E-state index in [9.17, 15) is 9.59 Å². The number of hydrogen-bond donors (Lipinski definition) is 2. The number of carbonyl (C=O) groups excluding carboxylic acids is 2. The molecule has 0 saturated heterocycles. The highest BCUT2D eigenvalue weighted by Gasteiger charge is 2.33. The van der Waals surface area contributed by atoms with Crippen LogP contribution < -0.4 is 20.1 Å². The van der Waals surface area contributed by atoms with Crippen molar-refractivity contribution >= 4 is 11.9 Å². The third-order valence-electron chi connectivity index (χ3n) is 4.56. The van der Waals surface area contributed by atoms with Crippen LogP contribution in [0.5, 0.6) is 11.5 Å². The topological polar surface area (TPSA) is 79.9 Å². The summed E-state index contributed by atoms with van der Waals surface area (Å²) >= 11 is 0. The van der Waals surface area contributed by atoms with Gasteiger partial charge < -0.3 is 25.0 Å². The second kappa shape index (κ2) is 8.50. The quantitative estimate of drug-likeness (QED) is 0.827. The van der Waals surface area contributed by atoms with Crippen LogP contribution in [-0.2, 0) is 11.2 Å². The fourth-order valence-electron chi connectivity index (χ4n) is 3.22. The van der Waals surface area contributed by atoms with Crippen LogP contribution in [0, 0.1) is 0 Å². The van der Waals surface area contributed by atoms with Crippen molar-refractivity contribution in [1.29, 1.82) is 0 Å². The fraction of sp³-hybridized carbons (Fsp3) is 0.600. The van der Waals surface area contributed by atoms with Crippen molar-refractivity contribution < 1.29 is 19.1 Å². The van der Waals surface area contributed by atoms with Crippen molar-refractivity contribution in [3.63, 3.8) is 0 Å². The van der Waals surface area contributed by atoms with Crippen LogP contribution in [0.3, 0.4) is 0 Å². The summed E-state index contributed by atoms with van der Waals surface area (Å²) in [5, 5.41) is 5.94. The molecule has 0 fully saturated rings. The van der Waals surface area contributed by atoms with Crippen LogP contribution in [0.1, 0.15) is 51.3 Å². The predicted molar refractivity (Wildman–Crippen MR) is 104 cm³/mol. The maximum atomic E-state index is 12.9. The third kappa shape index (κ3) is 5.05. The van der Waals surface area contributed by atoms with E-state index in [1.807, 2.05) is 39.8 Å². The highest BCUT2D eigenvalue weighted by molar-refractivity contribution is 5.77. The molecule has 0 unspecified atom stereocenters. The summed E-state index contributed by atoms with van der Waals surface area (Å²) < 4.78 is 10.8. The minimum absolute atomic E-state index is 0.0428. The Labute approximate surface area is 161 Å². The van der Waals surface area contributed by atoms with Gasteiger partial charge in [0.15, 0.2) is 11.5 Å². The minimum Gasteiger partial charge on any atom is -0.493 e. The van der Waals surface area contributed by atoms with E-state index >= 15 is 0 Å². The van der Waals surface area contributed by atoms with Gasteiger partial charge in [-0.05, 0) is 50.5 Å². The van der Waals surface area contributed by atoms with E-state index in [0.717, 1.165) is 11.1 Å². The lowest BCUT2D eigenvalue weighted by molar-refractivity contribution is -0.121. The molecule has 1 aliphatic heterocycles. The van der Waals surface area contributed by atoms with Crippen LogP contribution in [-0.4, -0.2) is 49.7 Å².